The maximum Gasteiger partial charge on any atom is 0.251 e. The fourth-order valence-electron chi connectivity index (χ4n) is 3.32. The number of ether oxygens (including phenoxy) is 1. The number of nitrogens with zero attached hydrogens (tertiary/aromatic N) is 1. The maximum atomic E-state index is 12.5. The van der Waals surface area contributed by atoms with Crippen molar-refractivity contribution in [2.75, 3.05) is 17.7 Å². The van der Waals surface area contributed by atoms with E-state index < -0.39 is 10.0 Å². The van der Waals surface area contributed by atoms with Crippen LogP contribution in [0.5, 0.6) is 5.75 Å². The lowest BCUT2D eigenvalue weighted by Gasteiger charge is -2.21. The van der Waals surface area contributed by atoms with Gasteiger partial charge in [0.25, 0.3) is 5.91 Å². The Morgan fingerprint density at radius 1 is 1.27 bits per heavy atom. The Kier molecular flexibility index (Phi) is 4.91. The van der Waals surface area contributed by atoms with Gasteiger partial charge in [0, 0.05) is 18.2 Å². The number of fused-ring (bicyclic) bond motifs is 1. The van der Waals surface area contributed by atoms with Crippen LogP contribution in [0.25, 0.3) is 0 Å². The van der Waals surface area contributed by atoms with Crippen molar-refractivity contribution in [1.29, 1.82) is 0 Å². The molecule has 1 aliphatic heterocycles. The van der Waals surface area contributed by atoms with Crippen molar-refractivity contribution in [3.05, 3.63) is 59.2 Å². The molecule has 138 valence electrons. The first kappa shape index (κ1) is 18.3. The lowest BCUT2D eigenvalue weighted by Crippen LogP contribution is -2.34. The van der Waals surface area contributed by atoms with Crippen molar-refractivity contribution in [3.63, 3.8) is 0 Å². The van der Waals surface area contributed by atoms with Gasteiger partial charge in [-0.2, -0.15) is 0 Å². The summed E-state index contributed by atoms with van der Waals surface area (Å²) in [6.45, 7) is 2.25. The average molecular weight is 374 g/mol. The minimum Gasteiger partial charge on any atom is -0.497 e. The highest BCUT2D eigenvalue weighted by atomic mass is 32.2. The summed E-state index contributed by atoms with van der Waals surface area (Å²) in [5.74, 6) is 0.546. The molecule has 3 rings (SSSR count). The zero-order valence-corrected chi connectivity index (χ0v) is 15.8. The number of amides is 1. The number of nitrogens with one attached hydrogen (secondary N) is 1. The van der Waals surface area contributed by atoms with Gasteiger partial charge in [-0.15, -0.1) is 0 Å². The van der Waals surface area contributed by atoms with Gasteiger partial charge in [0.05, 0.1) is 19.1 Å². The van der Waals surface area contributed by atoms with Crippen LogP contribution in [0.1, 0.15) is 28.4 Å². The van der Waals surface area contributed by atoms with E-state index in [1.54, 1.807) is 25.3 Å². The zero-order chi connectivity index (χ0) is 18.9. The number of hydrogen-bond acceptors (Lipinski definition) is 4. The van der Waals surface area contributed by atoms with Crippen LogP contribution in [0.2, 0.25) is 0 Å². The van der Waals surface area contributed by atoms with Crippen LogP contribution in [-0.4, -0.2) is 33.7 Å². The number of carbonyl (C=O) groups is 1. The monoisotopic (exact) mass is 374 g/mol. The van der Waals surface area contributed by atoms with Crippen molar-refractivity contribution in [2.45, 2.75) is 25.9 Å². The molecule has 0 radical (unpaired) electrons. The molecule has 26 heavy (non-hydrogen) atoms. The third kappa shape index (κ3) is 3.67. The molecule has 7 heteroatoms. The molecular formula is C19H22N2O4S. The molecule has 0 aliphatic carbocycles. The van der Waals surface area contributed by atoms with Gasteiger partial charge in [0.2, 0.25) is 10.0 Å². The highest BCUT2D eigenvalue weighted by Gasteiger charge is 2.32. The molecule has 0 saturated heterocycles. The van der Waals surface area contributed by atoms with Gasteiger partial charge in [0.15, 0.2) is 0 Å². The van der Waals surface area contributed by atoms with E-state index in [0.717, 1.165) is 16.9 Å². The maximum absolute atomic E-state index is 12.5. The lowest BCUT2D eigenvalue weighted by atomic mass is 10.1. The summed E-state index contributed by atoms with van der Waals surface area (Å²) in [6, 6.07) is 12.5. The van der Waals surface area contributed by atoms with E-state index in [1.807, 2.05) is 31.2 Å². The van der Waals surface area contributed by atoms with Crippen molar-refractivity contribution < 1.29 is 17.9 Å². The second kappa shape index (κ2) is 6.99. The second-order valence-electron chi connectivity index (χ2n) is 6.49. The number of carbonyl (C=O) groups excluding carboxylic acids is 1. The molecule has 1 N–H and O–H groups in total. The molecule has 6 nitrogen and oxygen atoms in total. The average Bonchev–Trinajstić information content (AvgIpc) is 2.94. The van der Waals surface area contributed by atoms with E-state index in [4.69, 9.17) is 4.74 Å². The molecule has 0 spiro atoms. The summed E-state index contributed by atoms with van der Waals surface area (Å²) in [6.07, 6.45) is 1.80. The molecule has 2 aromatic rings. The van der Waals surface area contributed by atoms with E-state index in [9.17, 15) is 13.2 Å². The molecule has 0 bridgehead atoms. The van der Waals surface area contributed by atoms with E-state index in [0.29, 0.717) is 24.2 Å². The van der Waals surface area contributed by atoms with Gasteiger partial charge in [0.1, 0.15) is 5.75 Å². The van der Waals surface area contributed by atoms with Crippen molar-refractivity contribution in [3.8, 4) is 5.75 Å². The van der Waals surface area contributed by atoms with Crippen LogP contribution >= 0.6 is 0 Å². The van der Waals surface area contributed by atoms with Crippen LogP contribution < -0.4 is 14.4 Å². The molecule has 0 aromatic heterocycles. The highest BCUT2D eigenvalue weighted by molar-refractivity contribution is 7.92. The zero-order valence-electron chi connectivity index (χ0n) is 15.0. The fourth-order valence-corrected chi connectivity index (χ4v) is 4.58. The van der Waals surface area contributed by atoms with Gasteiger partial charge in [-0.1, -0.05) is 12.1 Å². The molecule has 1 atom stereocenters. The van der Waals surface area contributed by atoms with Gasteiger partial charge < -0.3 is 10.1 Å². The Hall–Kier alpha value is -2.54. The predicted molar refractivity (Wildman–Crippen MR) is 101 cm³/mol. The third-order valence-corrected chi connectivity index (χ3v) is 5.71. The first-order valence-electron chi connectivity index (χ1n) is 8.33. The summed E-state index contributed by atoms with van der Waals surface area (Å²) >= 11 is 0. The number of anilines is 1. The first-order chi connectivity index (χ1) is 12.3. The number of methoxy groups -OCH3 is 1. The minimum absolute atomic E-state index is 0.143. The van der Waals surface area contributed by atoms with Gasteiger partial charge >= 0.3 is 0 Å². The standard InChI is InChI=1S/C19H22N2O4S/c1-13-9-16-11-15(7-8-18(16)21(13)26(3,23)24)19(22)20-12-14-5-4-6-17(10-14)25-2/h4-8,10-11,13H,9,12H2,1-3H3,(H,20,22). The Morgan fingerprint density at radius 3 is 2.73 bits per heavy atom. The summed E-state index contributed by atoms with van der Waals surface area (Å²) in [5, 5.41) is 2.88. The van der Waals surface area contributed by atoms with Crippen LogP contribution in [0.4, 0.5) is 5.69 Å². The largest absolute Gasteiger partial charge is 0.497 e. The number of rotatable bonds is 5. The summed E-state index contributed by atoms with van der Waals surface area (Å²) in [5.41, 5.74) is 2.99. The SMILES string of the molecule is COc1cccc(CNC(=O)c2ccc3c(c2)CC(C)N3S(C)(=O)=O)c1. The van der Waals surface area contributed by atoms with E-state index in [1.165, 1.54) is 10.6 Å². The van der Waals surface area contributed by atoms with Crippen LogP contribution in [0.15, 0.2) is 42.5 Å². The van der Waals surface area contributed by atoms with Crippen molar-refractivity contribution >= 4 is 21.6 Å². The van der Waals surface area contributed by atoms with E-state index in [-0.39, 0.29) is 11.9 Å². The van der Waals surface area contributed by atoms with Crippen molar-refractivity contribution in [1.82, 2.24) is 5.32 Å². The summed E-state index contributed by atoms with van der Waals surface area (Å²) in [7, 11) is -1.73. The molecule has 1 amide bonds. The lowest BCUT2D eigenvalue weighted by molar-refractivity contribution is 0.0951. The van der Waals surface area contributed by atoms with Crippen molar-refractivity contribution in [2.24, 2.45) is 0 Å². The predicted octanol–water partition coefficient (Wildman–Crippen LogP) is 2.34. The van der Waals surface area contributed by atoms with Crippen LogP contribution in [0, 0.1) is 0 Å². The molecule has 0 saturated carbocycles. The number of sulfonamides is 1. The minimum atomic E-state index is -3.33. The Bertz CT molecular complexity index is 940. The molecule has 1 heterocycles. The first-order valence-corrected chi connectivity index (χ1v) is 10.2. The molecule has 0 fully saturated rings. The number of benzene rings is 2. The van der Waals surface area contributed by atoms with Gasteiger partial charge in [-0.05, 0) is 54.8 Å². The van der Waals surface area contributed by atoms with Crippen LogP contribution in [0.3, 0.4) is 0 Å². The Balaban J connectivity index is 1.75. The molecule has 2 aromatic carbocycles. The Labute approximate surface area is 153 Å². The van der Waals surface area contributed by atoms with Gasteiger partial charge in [-0.25, -0.2) is 8.42 Å². The number of hydrogen-bond donors (Lipinski definition) is 1. The summed E-state index contributed by atoms with van der Waals surface area (Å²) in [4.78, 5) is 12.5. The molecule has 1 aliphatic rings. The third-order valence-electron chi connectivity index (χ3n) is 4.44. The van der Waals surface area contributed by atoms with Crippen LogP contribution in [-0.2, 0) is 23.0 Å². The Morgan fingerprint density at radius 2 is 2.04 bits per heavy atom. The van der Waals surface area contributed by atoms with E-state index >= 15 is 0 Å². The molecule has 1 unspecified atom stereocenters. The quantitative estimate of drug-likeness (QED) is 0.872. The summed E-state index contributed by atoms with van der Waals surface area (Å²) < 4.78 is 30.5. The molecular weight excluding hydrogens is 352 g/mol. The van der Waals surface area contributed by atoms with E-state index in [2.05, 4.69) is 5.32 Å². The fraction of sp³-hybridized carbons (Fsp3) is 0.316. The normalized spacial score (nSPS) is 16.3. The topological polar surface area (TPSA) is 75.7 Å². The highest BCUT2D eigenvalue weighted by Crippen LogP contribution is 2.34. The van der Waals surface area contributed by atoms with Gasteiger partial charge in [-0.3, -0.25) is 9.10 Å². The second-order valence-corrected chi connectivity index (χ2v) is 8.35. The smallest absolute Gasteiger partial charge is 0.251 e.